The van der Waals surface area contributed by atoms with Crippen LogP contribution in [0.25, 0.3) is 5.95 Å². The van der Waals surface area contributed by atoms with E-state index in [4.69, 9.17) is 0 Å². The Kier molecular flexibility index (Phi) is 4.28. The van der Waals surface area contributed by atoms with Gasteiger partial charge in [-0.15, -0.1) is 0 Å². The molecule has 2 aromatic rings. The highest BCUT2D eigenvalue weighted by molar-refractivity contribution is 5.39. The summed E-state index contributed by atoms with van der Waals surface area (Å²) in [5.41, 5.74) is 0. The molecule has 3 rings (SSSR count). The van der Waals surface area contributed by atoms with Gasteiger partial charge in [-0.1, -0.05) is 19.3 Å². The van der Waals surface area contributed by atoms with Crippen molar-refractivity contribution in [2.24, 2.45) is 0 Å². The minimum atomic E-state index is 0.589. The van der Waals surface area contributed by atoms with Crippen LogP contribution >= 0.6 is 0 Å². The van der Waals surface area contributed by atoms with E-state index in [1.807, 2.05) is 13.2 Å². The van der Waals surface area contributed by atoms with E-state index in [0.717, 1.165) is 19.0 Å². The molecule has 7 heteroatoms. The summed E-state index contributed by atoms with van der Waals surface area (Å²) in [6.45, 7) is 2.02. The van der Waals surface area contributed by atoms with Crippen LogP contribution in [0.3, 0.4) is 0 Å². The lowest BCUT2D eigenvalue weighted by molar-refractivity contribution is 0.549. The van der Waals surface area contributed by atoms with E-state index in [-0.39, 0.29) is 0 Å². The van der Waals surface area contributed by atoms with Gasteiger partial charge in [0, 0.05) is 32.5 Å². The van der Waals surface area contributed by atoms with E-state index in [2.05, 4.69) is 30.2 Å². The second kappa shape index (κ2) is 6.51. The molecule has 0 saturated carbocycles. The summed E-state index contributed by atoms with van der Waals surface area (Å²) in [7, 11) is 1.82. The van der Waals surface area contributed by atoms with Crippen molar-refractivity contribution in [3.05, 3.63) is 18.7 Å². The molecule has 0 amide bonds. The number of imidazole rings is 1. The van der Waals surface area contributed by atoms with Crippen molar-refractivity contribution in [2.45, 2.75) is 32.1 Å². The van der Waals surface area contributed by atoms with Crippen LogP contribution in [0.5, 0.6) is 0 Å². The summed E-state index contributed by atoms with van der Waals surface area (Å²) >= 11 is 0. The predicted molar refractivity (Wildman–Crippen MR) is 81.8 cm³/mol. The fourth-order valence-electron chi connectivity index (χ4n) is 2.55. The SMILES string of the molecule is CNc1nc(N2CCCCCCC2)nc(-n2ccnc2)n1. The molecule has 2 aromatic heterocycles. The highest BCUT2D eigenvalue weighted by Gasteiger charge is 2.15. The number of nitrogens with one attached hydrogen (secondary N) is 1. The average molecular weight is 287 g/mol. The molecule has 1 aliphatic rings. The summed E-state index contributed by atoms with van der Waals surface area (Å²) in [6, 6.07) is 0. The highest BCUT2D eigenvalue weighted by atomic mass is 15.3. The van der Waals surface area contributed by atoms with Crippen molar-refractivity contribution < 1.29 is 0 Å². The number of rotatable bonds is 3. The number of hydrogen-bond acceptors (Lipinski definition) is 6. The largest absolute Gasteiger partial charge is 0.357 e. The molecule has 0 atom stereocenters. The lowest BCUT2D eigenvalue weighted by atomic mass is 10.1. The maximum atomic E-state index is 4.61. The van der Waals surface area contributed by atoms with Crippen LogP contribution in [0.4, 0.5) is 11.9 Å². The van der Waals surface area contributed by atoms with Gasteiger partial charge in [-0.25, -0.2) is 4.98 Å². The smallest absolute Gasteiger partial charge is 0.241 e. The topological polar surface area (TPSA) is 71.8 Å². The fraction of sp³-hybridized carbons (Fsp3) is 0.571. The summed E-state index contributed by atoms with van der Waals surface area (Å²) in [6.07, 6.45) is 11.6. The van der Waals surface area contributed by atoms with Gasteiger partial charge in [-0.2, -0.15) is 15.0 Å². The summed E-state index contributed by atoms with van der Waals surface area (Å²) < 4.78 is 1.80. The number of hydrogen-bond donors (Lipinski definition) is 1. The second-order valence-electron chi connectivity index (χ2n) is 5.23. The van der Waals surface area contributed by atoms with Crippen LogP contribution < -0.4 is 10.2 Å². The Hall–Kier alpha value is -2.18. The van der Waals surface area contributed by atoms with E-state index in [0.29, 0.717) is 11.9 Å². The van der Waals surface area contributed by atoms with Crippen LogP contribution in [-0.2, 0) is 0 Å². The Morgan fingerprint density at radius 3 is 2.33 bits per heavy atom. The first kappa shape index (κ1) is 13.8. The third-order valence-electron chi connectivity index (χ3n) is 3.71. The minimum absolute atomic E-state index is 0.589. The highest BCUT2D eigenvalue weighted by Crippen LogP contribution is 2.17. The molecule has 0 spiro atoms. The second-order valence-corrected chi connectivity index (χ2v) is 5.23. The predicted octanol–water partition coefficient (Wildman–Crippen LogP) is 1.87. The van der Waals surface area contributed by atoms with Gasteiger partial charge in [-0.3, -0.25) is 4.57 Å². The zero-order chi connectivity index (χ0) is 14.5. The van der Waals surface area contributed by atoms with Crippen molar-refractivity contribution in [3.63, 3.8) is 0 Å². The van der Waals surface area contributed by atoms with Crippen molar-refractivity contribution in [1.82, 2.24) is 24.5 Å². The zero-order valence-electron chi connectivity index (χ0n) is 12.4. The van der Waals surface area contributed by atoms with Crippen LogP contribution in [0, 0.1) is 0 Å². The van der Waals surface area contributed by atoms with Gasteiger partial charge in [0.05, 0.1) is 0 Å². The first-order chi connectivity index (χ1) is 10.4. The first-order valence-corrected chi connectivity index (χ1v) is 7.54. The van der Waals surface area contributed by atoms with Crippen LogP contribution in [0.1, 0.15) is 32.1 Å². The molecule has 0 unspecified atom stereocenters. The van der Waals surface area contributed by atoms with E-state index in [9.17, 15) is 0 Å². The number of aromatic nitrogens is 5. The molecule has 7 nitrogen and oxygen atoms in total. The average Bonchev–Trinajstić information content (AvgIpc) is 3.00. The molecule has 21 heavy (non-hydrogen) atoms. The Balaban J connectivity index is 1.91. The van der Waals surface area contributed by atoms with Gasteiger partial charge >= 0.3 is 0 Å². The minimum Gasteiger partial charge on any atom is -0.357 e. The summed E-state index contributed by atoms with van der Waals surface area (Å²) in [4.78, 5) is 19.8. The number of nitrogens with zero attached hydrogens (tertiary/aromatic N) is 6. The Labute approximate surface area is 124 Å². The van der Waals surface area contributed by atoms with E-state index in [1.54, 1.807) is 17.1 Å². The summed E-state index contributed by atoms with van der Waals surface area (Å²) in [5.74, 6) is 1.94. The molecule has 1 saturated heterocycles. The van der Waals surface area contributed by atoms with Gasteiger partial charge in [0.1, 0.15) is 6.33 Å². The first-order valence-electron chi connectivity index (χ1n) is 7.54. The van der Waals surface area contributed by atoms with Crippen molar-refractivity contribution in [1.29, 1.82) is 0 Å². The standard InChI is InChI=1S/C14H21N7/c1-15-12-17-13(20-8-5-3-2-4-6-9-20)19-14(18-12)21-10-7-16-11-21/h7,10-11H,2-6,8-9H2,1H3,(H,15,17,18,19). The lowest BCUT2D eigenvalue weighted by Crippen LogP contribution is -2.29. The maximum absolute atomic E-state index is 4.61. The Morgan fingerprint density at radius 1 is 0.952 bits per heavy atom. The summed E-state index contributed by atoms with van der Waals surface area (Å²) in [5, 5.41) is 3.01. The van der Waals surface area contributed by atoms with Gasteiger partial charge in [-0.05, 0) is 12.8 Å². The van der Waals surface area contributed by atoms with Crippen molar-refractivity contribution in [2.75, 3.05) is 30.4 Å². The molecule has 112 valence electrons. The molecule has 1 fully saturated rings. The molecule has 3 heterocycles. The number of anilines is 2. The molecular formula is C14H21N7. The van der Waals surface area contributed by atoms with E-state index >= 15 is 0 Å². The van der Waals surface area contributed by atoms with Crippen LogP contribution in [-0.4, -0.2) is 44.6 Å². The third-order valence-corrected chi connectivity index (χ3v) is 3.71. The van der Waals surface area contributed by atoms with Crippen LogP contribution in [0.15, 0.2) is 18.7 Å². The Morgan fingerprint density at radius 2 is 1.67 bits per heavy atom. The van der Waals surface area contributed by atoms with Crippen LogP contribution in [0.2, 0.25) is 0 Å². The zero-order valence-corrected chi connectivity index (χ0v) is 12.4. The van der Waals surface area contributed by atoms with E-state index in [1.165, 1.54) is 32.1 Å². The monoisotopic (exact) mass is 287 g/mol. The normalized spacial score (nSPS) is 16.3. The molecule has 0 radical (unpaired) electrons. The fourth-order valence-corrected chi connectivity index (χ4v) is 2.55. The maximum Gasteiger partial charge on any atom is 0.241 e. The third kappa shape index (κ3) is 3.29. The molecule has 0 bridgehead atoms. The molecule has 0 aliphatic carbocycles. The molecule has 1 N–H and O–H groups in total. The van der Waals surface area contributed by atoms with Gasteiger partial charge in [0.2, 0.25) is 17.8 Å². The molecule has 0 aromatic carbocycles. The lowest BCUT2D eigenvalue weighted by Gasteiger charge is -2.25. The quantitative estimate of drug-likeness (QED) is 0.929. The molecule has 1 aliphatic heterocycles. The molecular weight excluding hydrogens is 266 g/mol. The van der Waals surface area contributed by atoms with Gasteiger partial charge in [0.15, 0.2) is 0 Å². The van der Waals surface area contributed by atoms with Gasteiger partial charge < -0.3 is 10.2 Å². The van der Waals surface area contributed by atoms with Crippen molar-refractivity contribution in [3.8, 4) is 5.95 Å². The van der Waals surface area contributed by atoms with Crippen molar-refractivity contribution >= 4 is 11.9 Å². The Bertz CT molecular complexity index is 559. The van der Waals surface area contributed by atoms with E-state index < -0.39 is 0 Å². The van der Waals surface area contributed by atoms with Gasteiger partial charge in [0.25, 0.3) is 0 Å².